The maximum absolute atomic E-state index is 12.6. The standard InChI is InChI=1S/C24H36N2O2/c1-23(2,3)20-10-8-19(9-11-20)6-5-7-22(28)26-16-14-24(15-17-26)13-12-21(27)25(4)18-24/h8-11H,5-7,12-18H2,1-4H3. The fourth-order valence-corrected chi connectivity index (χ4v) is 4.65. The molecule has 2 amide bonds. The molecule has 2 aliphatic heterocycles. The highest BCUT2D eigenvalue weighted by Crippen LogP contribution is 2.39. The molecule has 3 rings (SSSR count). The zero-order valence-electron chi connectivity index (χ0n) is 18.1. The highest BCUT2D eigenvalue weighted by Gasteiger charge is 2.40. The molecule has 2 heterocycles. The zero-order chi connectivity index (χ0) is 20.4. The molecular weight excluding hydrogens is 348 g/mol. The molecule has 1 spiro atoms. The average molecular weight is 385 g/mol. The van der Waals surface area contributed by atoms with E-state index in [0.29, 0.717) is 18.7 Å². The molecule has 2 fully saturated rings. The van der Waals surface area contributed by atoms with Crippen LogP contribution in [0.15, 0.2) is 24.3 Å². The number of piperidine rings is 2. The van der Waals surface area contributed by atoms with Gasteiger partial charge in [0, 0.05) is 39.5 Å². The second-order valence-electron chi connectivity index (χ2n) is 9.93. The van der Waals surface area contributed by atoms with Gasteiger partial charge in [-0.2, -0.15) is 0 Å². The van der Waals surface area contributed by atoms with Gasteiger partial charge in [0.05, 0.1) is 0 Å². The number of likely N-dealkylation sites (tertiary alicyclic amines) is 2. The summed E-state index contributed by atoms with van der Waals surface area (Å²) in [5, 5.41) is 0. The molecule has 28 heavy (non-hydrogen) atoms. The molecule has 1 aromatic rings. The summed E-state index contributed by atoms with van der Waals surface area (Å²) in [6.45, 7) is 9.24. The number of aryl methyl sites for hydroxylation is 1. The lowest BCUT2D eigenvalue weighted by molar-refractivity contribution is -0.141. The number of nitrogens with zero attached hydrogens (tertiary/aromatic N) is 2. The summed E-state index contributed by atoms with van der Waals surface area (Å²) < 4.78 is 0. The maximum Gasteiger partial charge on any atom is 0.222 e. The minimum Gasteiger partial charge on any atom is -0.345 e. The monoisotopic (exact) mass is 384 g/mol. The minimum atomic E-state index is 0.181. The van der Waals surface area contributed by atoms with Crippen molar-refractivity contribution < 1.29 is 9.59 Å². The van der Waals surface area contributed by atoms with E-state index in [2.05, 4.69) is 45.0 Å². The lowest BCUT2D eigenvalue weighted by Crippen LogP contribution is -2.51. The van der Waals surface area contributed by atoms with Crippen LogP contribution in [0.4, 0.5) is 0 Å². The first kappa shape index (κ1) is 20.9. The summed E-state index contributed by atoms with van der Waals surface area (Å²) >= 11 is 0. The molecular formula is C24H36N2O2. The van der Waals surface area contributed by atoms with Gasteiger partial charge in [-0.15, -0.1) is 0 Å². The van der Waals surface area contributed by atoms with Crippen LogP contribution in [0.3, 0.4) is 0 Å². The van der Waals surface area contributed by atoms with Crippen LogP contribution in [0.5, 0.6) is 0 Å². The Labute approximate surface area is 170 Å². The molecule has 0 aliphatic carbocycles. The molecule has 0 radical (unpaired) electrons. The number of hydrogen-bond acceptors (Lipinski definition) is 2. The van der Waals surface area contributed by atoms with Crippen LogP contribution < -0.4 is 0 Å². The summed E-state index contributed by atoms with van der Waals surface area (Å²) in [6, 6.07) is 8.84. The zero-order valence-corrected chi connectivity index (χ0v) is 18.1. The maximum atomic E-state index is 12.6. The summed E-state index contributed by atoms with van der Waals surface area (Å²) in [7, 11) is 1.91. The third kappa shape index (κ3) is 4.95. The molecule has 1 aromatic carbocycles. The molecule has 0 N–H and O–H groups in total. The molecule has 154 valence electrons. The highest BCUT2D eigenvalue weighted by molar-refractivity contribution is 5.77. The van der Waals surface area contributed by atoms with Crippen LogP contribution in [-0.2, 0) is 21.4 Å². The van der Waals surface area contributed by atoms with Gasteiger partial charge in [0.15, 0.2) is 0 Å². The first-order valence-electron chi connectivity index (χ1n) is 10.8. The van der Waals surface area contributed by atoms with E-state index in [1.165, 1.54) is 11.1 Å². The Bertz CT molecular complexity index is 694. The van der Waals surface area contributed by atoms with Crippen LogP contribution >= 0.6 is 0 Å². The van der Waals surface area contributed by atoms with E-state index in [-0.39, 0.29) is 16.7 Å². The quantitative estimate of drug-likeness (QED) is 0.782. The molecule has 0 aromatic heterocycles. The van der Waals surface area contributed by atoms with Crippen molar-refractivity contribution in [3.8, 4) is 0 Å². The van der Waals surface area contributed by atoms with Crippen molar-refractivity contribution in [3.63, 3.8) is 0 Å². The van der Waals surface area contributed by atoms with Gasteiger partial charge in [-0.05, 0) is 54.1 Å². The Balaban J connectivity index is 1.42. The molecule has 0 saturated carbocycles. The lowest BCUT2D eigenvalue weighted by Gasteiger charge is -2.46. The topological polar surface area (TPSA) is 40.6 Å². The molecule has 2 saturated heterocycles. The number of rotatable bonds is 4. The molecule has 4 nitrogen and oxygen atoms in total. The fourth-order valence-electron chi connectivity index (χ4n) is 4.65. The summed E-state index contributed by atoms with van der Waals surface area (Å²) in [6.07, 6.45) is 6.22. The van der Waals surface area contributed by atoms with Crippen molar-refractivity contribution >= 4 is 11.8 Å². The van der Waals surface area contributed by atoms with Crippen LogP contribution in [0.2, 0.25) is 0 Å². The van der Waals surface area contributed by atoms with Gasteiger partial charge in [0.2, 0.25) is 11.8 Å². The Kier molecular flexibility index (Phi) is 6.16. The molecule has 4 heteroatoms. The van der Waals surface area contributed by atoms with Crippen LogP contribution in [0.25, 0.3) is 0 Å². The largest absolute Gasteiger partial charge is 0.345 e. The highest BCUT2D eigenvalue weighted by atomic mass is 16.2. The van der Waals surface area contributed by atoms with Crippen LogP contribution in [0, 0.1) is 5.41 Å². The van der Waals surface area contributed by atoms with E-state index in [1.54, 1.807) is 0 Å². The third-order valence-electron chi connectivity index (χ3n) is 6.72. The summed E-state index contributed by atoms with van der Waals surface area (Å²) in [5.74, 6) is 0.557. The lowest BCUT2D eigenvalue weighted by atomic mass is 9.72. The molecule has 0 unspecified atom stereocenters. The first-order valence-corrected chi connectivity index (χ1v) is 10.8. The van der Waals surface area contributed by atoms with Gasteiger partial charge in [-0.1, -0.05) is 45.0 Å². The molecule has 0 bridgehead atoms. The van der Waals surface area contributed by atoms with E-state index in [0.717, 1.165) is 51.7 Å². The normalized spacial score (nSPS) is 19.9. The van der Waals surface area contributed by atoms with Gasteiger partial charge < -0.3 is 9.80 Å². The van der Waals surface area contributed by atoms with Crippen LogP contribution in [0.1, 0.15) is 70.4 Å². The van der Waals surface area contributed by atoms with E-state index in [9.17, 15) is 9.59 Å². The van der Waals surface area contributed by atoms with Crippen molar-refractivity contribution in [2.24, 2.45) is 5.41 Å². The van der Waals surface area contributed by atoms with Crippen molar-refractivity contribution in [1.29, 1.82) is 0 Å². The van der Waals surface area contributed by atoms with E-state index in [1.807, 2.05) is 16.8 Å². The number of carbonyl (C=O) groups excluding carboxylic acids is 2. The molecule has 2 aliphatic rings. The predicted molar refractivity (Wildman–Crippen MR) is 113 cm³/mol. The van der Waals surface area contributed by atoms with Gasteiger partial charge in [-0.25, -0.2) is 0 Å². The van der Waals surface area contributed by atoms with Crippen molar-refractivity contribution in [2.75, 3.05) is 26.7 Å². The smallest absolute Gasteiger partial charge is 0.222 e. The van der Waals surface area contributed by atoms with E-state index in [4.69, 9.17) is 0 Å². The van der Waals surface area contributed by atoms with Crippen molar-refractivity contribution in [2.45, 2.75) is 71.1 Å². The summed E-state index contributed by atoms with van der Waals surface area (Å²) in [5.41, 5.74) is 3.09. The Morgan fingerprint density at radius 2 is 1.71 bits per heavy atom. The average Bonchev–Trinajstić information content (AvgIpc) is 2.65. The van der Waals surface area contributed by atoms with Gasteiger partial charge >= 0.3 is 0 Å². The Hall–Kier alpha value is -1.84. The Morgan fingerprint density at radius 3 is 2.29 bits per heavy atom. The van der Waals surface area contributed by atoms with Gasteiger partial charge in [0.1, 0.15) is 0 Å². The minimum absolute atomic E-state index is 0.181. The van der Waals surface area contributed by atoms with Gasteiger partial charge in [-0.3, -0.25) is 9.59 Å². The number of carbonyl (C=O) groups is 2. The first-order chi connectivity index (χ1) is 13.2. The van der Waals surface area contributed by atoms with Crippen molar-refractivity contribution in [3.05, 3.63) is 35.4 Å². The van der Waals surface area contributed by atoms with Crippen molar-refractivity contribution in [1.82, 2.24) is 9.80 Å². The predicted octanol–water partition coefficient (Wildman–Crippen LogP) is 4.17. The van der Waals surface area contributed by atoms with E-state index < -0.39 is 0 Å². The third-order valence-corrected chi connectivity index (χ3v) is 6.72. The van der Waals surface area contributed by atoms with Crippen LogP contribution in [-0.4, -0.2) is 48.3 Å². The number of hydrogen-bond donors (Lipinski definition) is 0. The molecule has 0 atom stereocenters. The summed E-state index contributed by atoms with van der Waals surface area (Å²) in [4.78, 5) is 28.3. The SMILES string of the molecule is CN1CC2(CCC1=O)CCN(C(=O)CCCc1ccc(C(C)(C)C)cc1)CC2. The fraction of sp³-hybridized carbons (Fsp3) is 0.667. The number of amides is 2. The van der Waals surface area contributed by atoms with E-state index >= 15 is 0 Å². The second kappa shape index (κ2) is 8.26. The second-order valence-corrected chi connectivity index (χ2v) is 9.93. The Morgan fingerprint density at radius 1 is 1.07 bits per heavy atom. The van der Waals surface area contributed by atoms with Gasteiger partial charge in [0.25, 0.3) is 0 Å². The number of benzene rings is 1.